The third-order valence-electron chi connectivity index (χ3n) is 6.55. The highest BCUT2D eigenvalue weighted by atomic mass is 32.1. The Morgan fingerprint density at radius 2 is 1.94 bits per heavy atom. The Labute approximate surface area is 211 Å². The number of aryl methyl sites for hydroxylation is 2. The summed E-state index contributed by atoms with van der Waals surface area (Å²) in [5, 5.41) is 16.8. The largest absolute Gasteiger partial charge is 0.494 e. The number of hydrogen-bond acceptors (Lipinski definition) is 10. The van der Waals surface area contributed by atoms with Crippen LogP contribution in [0.4, 0.5) is 0 Å². The third-order valence-corrected chi connectivity index (χ3v) is 7.49. The molecule has 188 valence electrons. The van der Waals surface area contributed by atoms with Gasteiger partial charge >= 0.3 is 0 Å². The average molecular weight is 510 g/mol. The zero-order chi connectivity index (χ0) is 25.0. The maximum absolute atomic E-state index is 11.3. The molecule has 2 saturated heterocycles. The van der Waals surface area contributed by atoms with Gasteiger partial charge in [0.1, 0.15) is 41.7 Å². The molecule has 2 aliphatic heterocycles. The van der Waals surface area contributed by atoms with Gasteiger partial charge in [0.25, 0.3) is 0 Å². The fourth-order valence-electron chi connectivity index (χ4n) is 4.85. The minimum atomic E-state index is -1.08. The molecule has 10 nitrogen and oxygen atoms in total. The van der Waals surface area contributed by atoms with Gasteiger partial charge in [0.15, 0.2) is 12.1 Å². The minimum Gasteiger partial charge on any atom is -0.494 e. The first-order valence-electron chi connectivity index (χ1n) is 11.7. The standard InChI is InChI=1S/C25H27N5O5S/c1-12-27-24(30(29-12)16-10-19-15(9-17(16)32-3)28-13(2)36-19)23-21(31)20(26)22-18(34-23)11-33-25(35-22)14-7-5-4-6-8-14/h4-10,18,20-23,25,31H,11,26H2,1-3H3/t18?,20?,21?,22-,23+,25?/m0/s1. The van der Waals surface area contributed by atoms with Crippen LogP contribution in [0.5, 0.6) is 5.75 Å². The number of fused-ring (bicyclic) bond motifs is 2. The highest BCUT2D eigenvalue weighted by molar-refractivity contribution is 7.18. The summed E-state index contributed by atoms with van der Waals surface area (Å²) in [5.74, 6) is 1.54. The molecule has 36 heavy (non-hydrogen) atoms. The summed E-state index contributed by atoms with van der Waals surface area (Å²) in [7, 11) is 1.60. The number of ether oxygens (including phenoxy) is 4. The van der Waals surface area contributed by atoms with E-state index < -0.39 is 36.7 Å². The number of benzene rings is 2. The second-order valence-corrected chi connectivity index (χ2v) is 10.2. The Balaban J connectivity index is 1.33. The van der Waals surface area contributed by atoms with Gasteiger partial charge in [-0.15, -0.1) is 11.3 Å². The predicted molar refractivity (Wildman–Crippen MR) is 132 cm³/mol. The first kappa shape index (κ1) is 23.5. The lowest BCUT2D eigenvalue weighted by atomic mass is 9.92. The number of nitrogens with zero attached hydrogens (tertiary/aromatic N) is 4. The monoisotopic (exact) mass is 509 g/mol. The molecule has 0 saturated carbocycles. The Kier molecular flexibility index (Phi) is 5.98. The van der Waals surface area contributed by atoms with Crippen LogP contribution in [-0.4, -0.2) is 62.9 Å². The zero-order valence-corrected chi connectivity index (χ0v) is 20.9. The van der Waals surface area contributed by atoms with Crippen molar-refractivity contribution in [1.29, 1.82) is 0 Å². The summed E-state index contributed by atoms with van der Waals surface area (Å²) >= 11 is 1.58. The number of aromatic nitrogens is 4. The van der Waals surface area contributed by atoms with Crippen molar-refractivity contribution in [3.63, 3.8) is 0 Å². The number of aliphatic hydroxyl groups is 1. The summed E-state index contributed by atoms with van der Waals surface area (Å²) < 4.78 is 26.7. The molecule has 0 amide bonds. The van der Waals surface area contributed by atoms with E-state index in [-0.39, 0.29) is 6.61 Å². The molecule has 4 heterocycles. The van der Waals surface area contributed by atoms with Gasteiger partial charge in [0.2, 0.25) is 0 Å². The number of methoxy groups -OCH3 is 1. The number of nitrogens with two attached hydrogens (primary N) is 1. The van der Waals surface area contributed by atoms with Gasteiger partial charge in [-0.2, -0.15) is 5.10 Å². The van der Waals surface area contributed by atoms with E-state index in [2.05, 4.69) is 15.1 Å². The maximum atomic E-state index is 11.3. The van der Waals surface area contributed by atoms with E-state index in [0.717, 1.165) is 20.8 Å². The van der Waals surface area contributed by atoms with Crippen molar-refractivity contribution in [2.24, 2.45) is 5.73 Å². The van der Waals surface area contributed by atoms with Crippen LogP contribution in [0, 0.1) is 13.8 Å². The SMILES string of the molecule is COc1cc2nc(C)sc2cc1-n1nc(C)nc1[C@@H]1OC2COC(c3ccccc3)O[C@@H]2C(N)C1O. The summed E-state index contributed by atoms with van der Waals surface area (Å²) in [5.41, 5.74) is 8.94. The van der Waals surface area contributed by atoms with Crippen molar-refractivity contribution in [1.82, 2.24) is 19.7 Å². The van der Waals surface area contributed by atoms with E-state index in [4.69, 9.17) is 24.7 Å². The molecule has 2 aliphatic rings. The van der Waals surface area contributed by atoms with Crippen molar-refractivity contribution in [2.45, 2.75) is 50.6 Å². The van der Waals surface area contributed by atoms with Crippen LogP contribution in [0.25, 0.3) is 15.9 Å². The molecule has 6 atom stereocenters. The van der Waals surface area contributed by atoms with Crippen LogP contribution in [0.1, 0.15) is 34.6 Å². The average Bonchev–Trinajstić information content (AvgIpc) is 3.46. The van der Waals surface area contributed by atoms with E-state index in [0.29, 0.717) is 23.1 Å². The van der Waals surface area contributed by atoms with E-state index in [1.165, 1.54) is 0 Å². The van der Waals surface area contributed by atoms with Gasteiger partial charge in [-0.1, -0.05) is 30.3 Å². The molecule has 6 rings (SSSR count). The van der Waals surface area contributed by atoms with Crippen molar-refractivity contribution >= 4 is 21.6 Å². The molecular weight excluding hydrogens is 482 g/mol. The van der Waals surface area contributed by atoms with Gasteiger partial charge < -0.3 is 29.8 Å². The topological polar surface area (TPSA) is 127 Å². The normalized spacial score (nSPS) is 28.2. The second-order valence-electron chi connectivity index (χ2n) is 8.99. The highest BCUT2D eigenvalue weighted by Crippen LogP contribution is 2.40. The van der Waals surface area contributed by atoms with Crippen LogP contribution < -0.4 is 10.5 Å². The molecular formula is C25H27N5O5S. The third kappa shape index (κ3) is 3.97. The minimum absolute atomic E-state index is 0.268. The van der Waals surface area contributed by atoms with Gasteiger partial charge in [0, 0.05) is 11.6 Å². The van der Waals surface area contributed by atoms with Crippen LogP contribution in [0.3, 0.4) is 0 Å². The zero-order valence-electron chi connectivity index (χ0n) is 20.1. The lowest BCUT2D eigenvalue weighted by Crippen LogP contribution is -2.62. The molecule has 3 N–H and O–H groups in total. The molecule has 4 aromatic rings. The van der Waals surface area contributed by atoms with Crippen molar-refractivity contribution in [3.8, 4) is 11.4 Å². The Bertz CT molecular complexity index is 1390. The summed E-state index contributed by atoms with van der Waals surface area (Å²) in [6.45, 7) is 4.02. The molecule has 2 aromatic carbocycles. The fraction of sp³-hybridized carbons (Fsp3) is 0.400. The Morgan fingerprint density at radius 3 is 2.72 bits per heavy atom. The van der Waals surface area contributed by atoms with Gasteiger partial charge in [-0.25, -0.2) is 14.6 Å². The van der Waals surface area contributed by atoms with E-state index in [1.54, 1.807) is 30.1 Å². The summed E-state index contributed by atoms with van der Waals surface area (Å²) in [4.78, 5) is 9.17. The van der Waals surface area contributed by atoms with Gasteiger partial charge in [0.05, 0.1) is 35.0 Å². The lowest BCUT2D eigenvalue weighted by molar-refractivity contribution is -0.309. The van der Waals surface area contributed by atoms with Crippen LogP contribution in [0.2, 0.25) is 0 Å². The van der Waals surface area contributed by atoms with Crippen LogP contribution >= 0.6 is 11.3 Å². The quantitative estimate of drug-likeness (QED) is 0.427. The molecule has 2 fully saturated rings. The predicted octanol–water partition coefficient (Wildman–Crippen LogP) is 2.74. The molecule has 4 unspecified atom stereocenters. The van der Waals surface area contributed by atoms with Crippen molar-refractivity contribution in [3.05, 3.63) is 64.7 Å². The summed E-state index contributed by atoms with van der Waals surface area (Å²) in [6.07, 6.45) is -3.52. The van der Waals surface area contributed by atoms with Crippen LogP contribution in [0.15, 0.2) is 42.5 Å². The molecule has 0 aliphatic carbocycles. The van der Waals surface area contributed by atoms with Gasteiger partial charge in [-0.3, -0.25) is 0 Å². The number of aliphatic hydroxyl groups excluding tert-OH is 1. The number of rotatable bonds is 4. The van der Waals surface area contributed by atoms with E-state index in [9.17, 15) is 5.11 Å². The van der Waals surface area contributed by atoms with Crippen molar-refractivity contribution < 1.29 is 24.1 Å². The lowest BCUT2D eigenvalue weighted by Gasteiger charge is -2.46. The first-order valence-corrected chi connectivity index (χ1v) is 12.5. The van der Waals surface area contributed by atoms with Crippen molar-refractivity contribution in [2.75, 3.05) is 13.7 Å². The van der Waals surface area contributed by atoms with Crippen LogP contribution in [-0.2, 0) is 14.2 Å². The smallest absolute Gasteiger partial charge is 0.184 e. The van der Waals surface area contributed by atoms with Gasteiger partial charge in [-0.05, 0) is 19.9 Å². The highest BCUT2D eigenvalue weighted by Gasteiger charge is 2.49. The Hall–Kier alpha value is -2.93. The molecule has 0 radical (unpaired) electrons. The maximum Gasteiger partial charge on any atom is 0.184 e. The fourth-order valence-corrected chi connectivity index (χ4v) is 5.69. The molecule has 11 heteroatoms. The number of thiazole rings is 1. The van der Waals surface area contributed by atoms with E-state index in [1.807, 2.05) is 49.4 Å². The molecule has 0 bridgehead atoms. The number of hydrogen-bond donors (Lipinski definition) is 2. The first-order chi connectivity index (χ1) is 17.4. The molecule has 0 spiro atoms. The van der Waals surface area contributed by atoms with E-state index >= 15 is 0 Å². The Morgan fingerprint density at radius 1 is 1.14 bits per heavy atom. The molecule has 2 aromatic heterocycles. The summed E-state index contributed by atoms with van der Waals surface area (Å²) in [6, 6.07) is 12.8. The second kappa shape index (κ2) is 9.18.